The molecule has 1 amide bonds. The van der Waals surface area contributed by atoms with Crippen LogP contribution in [0.3, 0.4) is 0 Å². The highest BCUT2D eigenvalue weighted by Gasteiger charge is 2.16. The minimum absolute atomic E-state index is 0.168. The Morgan fingerprint density at radius 3 is 2.64 bits per heavy atom. The minimum atomic E-state index is -1.63. The lowest BCUT2D eigenvalue weighted by atomic mass is 10.2. The van der Waals surface area contributed by atoms with Gasteiger partial charge in [0.05, 0.1) is 16.9 Å². The first-order valence-electron chi connectivity index (χ1n) is 7.67. The molecule has 2 rings (SSSR count). The van der Waals surface area contributed by atoms with Crippen LogP contribution in [-0.4, -0.2) is 43.0 Å². The quantitative estimate of drug-likeness (QED) is 0.594. The van der Waals surface area contributed by atoms with Crippen LogP contribution < -0.4 is 10.6 Å². The van der Waals surface area contributed by atoms with Gasteiger partial charge in [-0.1, -0.05) is 0 Å². The Morgan fingerprint density at radius 1 is 1.16 bits per heavy atom. The summed E-state index contributed by atoms with van der Waals surface area (Å²) in [6.45, 7) is 1.61. The summed E-state index contributed by atoms with van der Waals surface area (Å²) in [7, 11) is 3.95. The summed E-state index contributed by atoms with van der Waals surface area (Å²) in [6, 6.07) is 3.26. The Hall–Kier alpha value is -2.61. The summed E-state index contributed by atoms with van der Waals surface area (Å²) < 4.78 is 39.8. The molecule has 2 N–H and O–H groups in total. The fraction of sp³-hybridized carbons (Fsp3) is 0.294. The van der Waals surface area contributed by atoms with E-state index in [1.54, 1.807) is 12.3 Å². The number of carbonyl (C=O) groups excluding carboxylic acids is 1. The average Bonchev–Trinajstić information content (AvgIpc) is 2.59. The van der Waals surface area contributed by atoms with Gasteiger partial charge in [0.15, 0.2) is 17.5 Å². The topological polar surface area (TPSA) is 57.3 Å². The second-order valence-electron chi connectivity index (χ2n) is 5.72. The van der Waals surface area contributed by atoms with E-state index in [9.17, 15) is 18.0 Å². The number of hydrogen-bond acceptors (Lipinski definition) is 4. The molecule has 1 aromatic heterocycles. The molecule has 8 heteroatoms. The highest BCUT2D eigenvalue weighted by Crippen LogP contribution is 2.20. The van der Waals surface area contributed by atoms with Crippen LogP contribution >= 0.6 is 0 Å². The number of nitrogens with zero attached hydrogens (tertiary/aromatic N) is 2. The second-order valence-corrected chi connectivity index (χ2v) is 5.72. The van der Waals surface area contributed by atoms with Gasteiger partial charge in [-0.25, -0.2) is 13.2 Å². The molecule has 1 heterocycles. The molecule has 0 radical (unpaired) electrons. The summed E-state index contributed by atoms with van der Waals surface area (Å²) in [6.07, 6.45) is 3.77. The smallest absolute Gasteiger partial charge is 0.257 e. The fourth-order valence-corrected chi connectivity index (χ4v) is 2.11. The van der Waals surface area contributed by atoms with Crippen LogP contribution in [0.4, 0.5) is 24.5 Å². The Kier molecular flexibility index (Phi) is 6.35. The molecule has 0 saturated carbocycles. The molecule has 5 nitrogen and oxygen atoms in total. The van der Waals surface area contributed by atoms with Gasteiger partial charge < -0.3 is 15.5 Å². The first-order chi connectivity index (χ1) is 11.9. The normalized spacial score (nSPS) is 10.8. The number of amides is 1. The van der Waals surface area contributed by atoms with Crippen LogP contribution in [0.5, 0.6) is 0 Å². The third-order valence-electron chi connectivity index (χ3n) is 3.40. The summed E-state index contributed by atoms with van der Waals surface area (Å²) in [5, 5.41) is 5.34. The highest BCUT2D eigenvalue weighted by atomic mass is 19.2. The number of anilines is 2. The molecule has 0 aliphatic rings. The first kappa shape index (κ1) is 18.7. The molecule has 0 spiro atoms. The number of benzene rings is 1. The lowest BCUT2D eigenvalue weighted by Gasteiger charge is -2.11. The number of halogens is 3. The van der Waals surface area contributed by atoms with Gasteiger partial charge in [0.2, 0.25) is 0 Å². The minimum Gasteiger partial charge on any atom is -0.384 e. The summed E-state index contributed by atoms with van der Waals surface area (Å²) in [5.74, 6) is -5.07. The lowest BCUT2D eigenvalue weighted by molar-refractivity contribution is 0.102. The van der Waals surface area contributed by atoms with E-state index < -0.39 is 29.0 Å². The van der Waals surface area contributed by atoms with E-state index in [1.807, 2.05) is 14.1 Å². The van der Waals surface area contributed by atoms with Gasteiger partial charge in [-0.15, -0.1) is 0 Å². The Labute approximate surface area is 143 Å². The number of pyridine rings is 1. The number of aromatic nitrogens is 1. The molecule has 2 aromatic rings. The monoisotopic (exact) mass is 352 g/mol. The van der Waals surface area contributed by atoms with Crippen molar-refractivity contribution < 1.29 is 18.0 Å². The van der Waals surface area contributed by atoms with Crippen molar-refractivity contribution in [2.24, 2.45) is 0 Å². The van der Waals surface area contributed by atoms with Gasteiger partial charge in [-0.2, -0.15) is 0 Å². The van der Waals surface area contributed by atoms with Crippen LogP contribution in [0.15, 0.2) is 30.6 Å². The van der Waals surface area contributed by atoms with E-state index in [0.717, 1.165) is 25.1 Å². The Morgan fingerprint density at radius 2 is 1.92 bits per heavy atom. The fourth-order valence-electron chi connectivity index (χ4n) is 2.11. The van der Waals surface area contributed by atoms with Crippen molar-refractivity contribution in [2.75, 3.05) is 37.8 Å². The molecule has 25 heavy (non-hydrogen) atoms. The molecule has 0 fully saturated rings. The van der Waals surface area contributed by atoms with Gasteiger partial charge in [0, 0.05) is 18.9 Å². The Balaban J connectivity index is 2.02. The molecule has 134 valence electrons. The zero-order chi connectivity index (χ0) is 18.4. The van der Waals surface area contributed by atoms with Gasteiger partial charge in [-0.05, 0) is 45.3 Å². The maximum Gasteiger partial charge on any atom is 0.257 e. The predicted octanol–water partition coefficient (Wildman–Crippen LogP) is 3.11. The molecule has 0 bridgehead atoms. The van der Waals surface area contributed by atoms with Crippen molar-refractivity contribution in [2.45, 2.75) is 6.42 Å². The van der Waals surface area contributed by atoms with Crippen molar-refractivity contribution in [1.29, 1.82) is 0 Å². The SMILES string of the molecule is CN(C)CCCNc1cncc(C(=O)Nc2ccc(F)c(F)c2F)c1. The number of carbonyl (C=O) groups is 1. The van der Waals surface area contributed by atoms with Gasteiger partial charge >= 0.3 is 0 Å². The van der Waals surface area contributed by atoms with Crippen molar-refractivity contribution in [3.05, 3.63) is 53.6 Å². The standard InChI is InChI=1S/C17H19F3N4O/c1-24(2)7-3-6-22-12-8-11(9-21-10-12)17(25)23-14-5-4-13(18)15(19)16(14)20/h4-5,8-10,22H,3,6-7H2,1-2H3,(H,23,25). The third-order valence-corrected chi connectivity index (χ3v) is 3.40. The maximum atomic E-state index is 13.6. The molecule has 0 atom stereocenters. The van der Waals surface area contributed by atoms with Crippen LogP contribution in [0.1, 0.15) is 16.8 Å². The zero-order valence-corrected chi connectivity index (χ0v) is 13.9. The van der Waals surface area contributed by atoms with Crippen molar-refractivity contribution in [3.8, 4) is 0 Å². The molecule has 0 saturated heterocycles. The number of nitrogens with one attached hydrogen (secondary N) is 2. The third kappa shape index (κ3) is 5.18. The van der Waals surface area contributed by atoms with E-state index in [2.05, 4.69) is 20.5 Å². The molecule has 0 aliphatic heterocycles. The molecular weight excluding hydrogens is 333 g/mol. The molecular formula is C17H19F3N4O. The van der Waals surface area contributed by atoms with Gasteiger partial charge in [-0.3, -0.25) is 9.78 Å². The van der Waals surface area contributed by atoms with Crippen LogP contribution in [-0.2, 0) is 0 Å². The summed E-state index contributed by atoms with van der Waals surface area (Å²) in [5.41, 5.74) is 0.368. The number of hydrogen-bond donors (Lipinski definition) is 2. The van der Waals surface area contributed by atoms with E-state index >= 15 is 0 Å². The molecule has 1 aromatic carbocycles. The van der Waals surface area contributed by atoms with E-state index in [4.69, 9.17) is 0 Å². The van der Waals surface area contributed by atoms with E-state index in [1.165, 1.54) is 6.20 Å². The van der Waals surface area contributed by atoms with Crippen molar-refractivity contribution in [3.63, 3.8) is 0 Å². The van der Waals surface area contributed by atoms with Crippen LogP contribution in [0.25, 0.3) is 0 Å². The van der Waals surface area contributed by atoms with Gasteiger partial charge in [0.25, 0.3) is 5.91 Å². The highest BCUT2D eigenvalue weighted by molar-refractivity contribution is 6.04. The first-order valence-corrected chi connectivity index (χ1v) is 7.67. The molecule has 0 aliphatic carbocycles. The average molecular weight is 352 g/mol. The predicted molar refractivity (Wildman–Crippen MR) is 90.2 cm³/mol. The van der Waals surface area contributed by atoms with Crippen molar-refractivity contribution >= 4 is 17.3 Å². The van der Waals surface area contributed by atoms with E-state index in [-0.39, 0.29) is 5.56 Å². The van der Waals surface area contributed by atoms with Gasteiger partial charge in [0.1, 0.15) is 0 Å². The summed E-state index contributed by atoms with van der Waals surface area (Å²) in [4.78, 5) is 18.2. The Bertz CT molecular complexity index is 753. The largest absolute Gasteiger partial charge is 0.384 e. The lowest BCUT2D eigenvalue weighted by Crippen LogP contribution is -2.17. The molecule has 0 unspecified atom stereocenters. The van der Waals surface area contributed by atoms with Crippen molar-refractivity contribution in [1.82, 2.24) is 9.88 Å². The maximum absolute atomic E-state index is 13.6. The van der Waals surface area contributed by atoms with Crippen LogP contribution in [0.2, 0.25) is 0 Å². The zero-order valence-electron chi connectivity index (χ0n) is 13.9. The summed E-state index contributed by atoms with van der Waals surface area (Å²) >= 11 is 0. The second kappa shape index (κ2) is 8.48. The van der Waals surface area contributed by atoms with E-state index in [0.29, 0.717) is 12.2 Å². The van der Waals surface area contributed by atoms with Crippen LogP contribution in [0, 0.1) is 17.5 Å². The number of rotatable bonds is 7.